The predicted octanol–water partition coefficient (Wildman–Crippen LogP) is 2.63. The van der Waals surface area contributed by atoms with Crippen LogP contribution in [0.4, 0.5) is 5.69 Å². The van der Waals surface area contributed by atoms with E-state index in [9.17, 15) is 13.2 Å². The monoisotopic (exact) mass is 344 g/mol. The van der Waals surface area contributed by atoms with E-state index in [1.54, 1.807) is 50.2 Å². The second-order valence-electron chi connectivity index (χ2n) is 6.20. The van der Waals surface area contributed by atoms with Crippen molar-refractivity contribution in [2.45, 2.75) is 31.7 Å². The fraction of sp³-hybridized carbons (Fsp3) is 0.278. The van der Waals surface area contributed by atoms with Crippen molar-refractivity contribution in [3.05, 3.63) is 59.2 Å². The van der Waals surface area contributed by atoms with Crippen LogP contribution in [0, 0.1) is 13.8 Å². The molecule has 1 aliphatic rings. The molecule has 0 radical (unpaired) electrons. The summed E-state index contributed by atoms with van der Waals surface area (Å²) in [6.07, 6.45) is 0. The Kier molecular flexibility index (Phi) is 4.09. The summed E-state index contributed by atoms with van der Waals surface area (Å²) in [5.41, 5.74) is 2.36. The number of fused-ring (bicyclic) bond motifs is 1. The molecule has 1 N–H and O–H groups in total. The number of carbonyl (C=O) groups excluding carboxylic acids is 1. The third-order valence-corrected chi connectivity index (χ3v) is 6.07. The summed E-state index contributed by atoms with van der Waals surface area (Å²) >= 11 is 0. The Labute approximate surface area is 142 Å². The third kappa shape index (κ3) is 2.78. The molecular formula is C18H20N2O3S. The molecule has 0 saturated heterocycles. The molecule has 1 heterocycles. The number of para-hydroxylation sites is 1. The highest BCUT2D eigenvalue weighted by molar-refractivity contribution is 7.92. The Balaban J connectivity index is 2.21. The van der Waals surface area contributed by atoms with Crippen molar-refractivity contribution < 1.29 is 13.2 Å². The molecule has 0 saturated carbocycles. The van der Waals surface area contributed by atoms with E-state index in [2.05, 4.69) is 5.32 Å². The zero-order valence-electron chi connectivity index (χ0n) is 13.9. The minimum atomic E-state index is -3.77. The van der Waals surface area contributed by atoms with Gasteiger partial charge in [0.15, 0.2) is 0 Å². The average Bonchev–Trinajstić information content (AvgIpc) is 2.67. The summed E-state index contributed by atoms with van der Waals surface area (Å²) < 4.78 is 28.0. The molecule has 0 aromatic heterocycles. The van der Waals surface area contributed by atoms with Crippen molar-refractivity contribution >= 4 is 21.6 Å². The molecule has 5 nitrogen and oxygen atoms in total. The van der Waals surface area contributed by atoms with Gasteiger partial charge in [0, 0.05) is 6.04 Å². The standard InChI is InChI=1S/C18H20N2O3S/c1-12-8-9-13(2)17(10-12)24(22,23)20-11-14(3)19-18(21)15-6-4-5-7-16(15)20/h4-10,14H,11H2,1-3H3,(H,19,21). The minimum absolute atomic E-state index is 0.193. The van der Waals surface area contributed by atoms with Crippen LogP contribution < -0.4 is 9.62 Å². The number of amides is 1. The van der Waals surface area contributed by atoms with E-state index in [0.29, 0.717) is 16.8 Å². The first-order valence-corrected chi connectivity index (χ1v) is 9.24. The highest BCUT2D eigenvalue weighted by Crippen LogP contribution is 2.30. The van der Waals surface area contributed by atoms with Gasteiger partial charge in [-0.25, -0.2) is 8.42 Å². The molecule has 0 fully saturated rings. The summed E-state index contributed by atoms with van der Waals surface area (Å²) in [6.45, 7) is 5.64. The molecule has 1 aliphatic heterocycles. The average molecular weight is 344 g/mol. The summed E-state index contributed by atoms with van der Waals surface area (Å²) in [6, 6.07) is 11.9. The molecule has 1 atom stereocenters. The van der Waals surface area contributed by atoms with Gasteiger partial charge < -0.3 is 5.32 Å². The Morgan fingerprint density at radius 1 is 1.12 bits per heavy atom. The predicted molar refractivity (Wildman–Crippen MR) is 93.8 cm³/mol. The van der Waals surface area contributed by atoms with Gasteiger partial charge in [0.1, 0.15) is 0 Å². The number of hydrogen-bond acceptors (Lipinski definition) is 3. The number of rotatable bonds is 2. The van der Waals surface area contributed by atoms with Crippen molar-refractivity contribution in [1.29, 1.82) is 0 Å². The summed E-state index contributed by atoms with van der Waals surface area (Å²) in [7, 11) is -3.77. The van der Waals surface area contributed by atoms with Crippen molar-refractivity contribution in [2.75, 3.05) is 10.8 Å². The molecule has 3 rings (SSSR count). The molecule has 1 unspecified atom stereocenters. The van der Waals surface area contributed by atoms with Crippen LogP contribution >= 0.6 is 0 Å². The lowest BCUT2D eigenvalue weighted by Crippen LogP contribution is -2.41. The van der Waals surface area contributed by atoms with Crippen molar-refractivity contribution in [3.8, 4) is 0 Å². The number of aryl methyl sites for hydroxylation is 2. The van der Waals surface area contributed by atoms with E-state index in [0.717, 1.165) is 5.56 Å². The number of nitrogens with one attached hydrogen (secondary N) is 1. The lowest BCUT2D eigenvalue weighted by atomic mass is 10.1. The number of nitrogens with zero attached hydrogens (tertiary/aromatic N) is 1. The first kappa shape index (κ1) is 16.5. The Morgan fingerprint density at radius 2 is 1.83 bits per heavy atom. The fourth-order valence-corrected chi connectivity index (χ4v) is 4.79. The molecule has 0 spiro atoms. The van der Waals surface area contributed by atoms with E-state index < -0.39 is 10.0 Å². The Hall–Kier alpha value is -2.34. The number of carbonyl (C=O) groups is 1. The van der Waals surface area contributed by atoms with Crippen molar-refractivity contribution in [1.82, 2.24) is 5.32 Å². The Morgan fingerprint density at radius 3 is 2.58 bits per heavy atom. The number of benzene rings is 2. The summed E-state index contributed by atoms with van der Waals surface area (Å²) in [4.78, 5) is 12.6. The maximum atomic E-state index is 13.3. The quantitative estimate of drug-likeness (QED) is 0.911. The molecule has 6 heteroatoms. The molecule has 24 heavy (non-hydrogen) atoms. The zero-order valence-corrected chi connectivity index (χ0v) is 14.7. The van der Waals surface area contributed by atoms with Gasteiger partial charge in [0.2, 0.25) is 0 Å². The van der Waals surface area contributed by atoms with Crippen LogP contribution in [0.3, 0.4) is 0 Å². The molecule has 1 amide bonds. The van der Waals surface area contributed by atoms with E-state index in [4.69, 9.17) is 0 Å². The number of hydrogen-bond donors (Lipinski definition) is 1. The SMILES string of the molecule is Cc1ccc(C)c(S(=O)(=O)N2CC(C)NC(=O)c3ccccc32)c1. The van der Waals surface area contributed by atoms with Gasteiger partial charge in [-0.15, -0.1) is 0 Å². The van der Waals surface area contributed by atoms with Crippen LogP contribution in [0.1, 0.15) is 28.4 Å². The lowest BCUT2D eigenvalue weighted by molar-refractivity contribution is 0.0945. The highest BCUT2D eigenvalue weighted by atomic mass is 32.2. The van der Waals surface area contributed by atoms with Crippen molar-refractivity contribution in [3.63, 3.8) is 0 Å². The second kappa shape index (κ2) is 5.94. The second-order valence-corrected chi connectivity index (χ2v) is 8.03. The first-order chi connectivity index (χ1) is 11.3. The maximum absolute atomic E-state index is 13.3. The third-order valence-electron chi connectivity index (χ3n) is 4.15. The van der Waals surface area contributed by atoms with E-state index in [1.807, 2.05) is 13.0 Å². The van der Waals surface area contributed by atoms with E-state index in [1.165, 1.54) is 4.31 Å². The van der Waals surface area contributed by atoms with Crippen molar-refractivity contribution in [2.24, 2.45) is 0 Å². The first-order valence-electron chi connectivity index (χ1n) is 7.80. The van der Waals surface area contributed by atoms with Crippen LogP contribution in [0.25, 0.3) is 0 Å². The largest absolute Gasteiger partial charge is 0.348 e. The maximum Gasteiger partial charge on any atom is 0.264 e. The van der Waals surface area contributed by atoms with Crippen LogP contribution in [-0.2, 0) is 10.0 Å². The van der Waals surface area contributed by atoms with Gasteiger partial charge in [-0.05, 0) is 50.1 Å². The van der Waals surface area contributed by atoms with Gasteiger partial charge in [-0.2, -0.15) is 0 Å². The number of anilines is 1. The van der Waals surface area contributed by atoms with Gasteiger partial charge in [-0.1, -0.05) is 24.3 Å². The van der Waals surface area contributed by atoms with Crippen LogP contribution in [0.15, 0.2) is 47.4 Å². The van der Waals surface area contributed by atoms with Crippen LogP contribution in [0.5, 0.6) is 0 Å². The minimum Gasteiger partial charge on any atom is -0.348 e. The lowest BCUT2D eigenvalue weighted by Gasteiger charge is -2.26. The van der Waals surface area contributed by atoms with E-state index >= 15 is 0 Å². The normalized spacial score (nSPS) is 17.9. The Bertz CT molecular complexity index is 906. The summed E-state index contributed by atoms with van der Waals surface area (Å²) in [5, 5.41) is 2.83. The number of sulfonamides is 1. The van der Waals surface area contributed by atoms with Gasteiger partial charge in [0.05, 0.1) is 22.7 Å². The van der Waals surface area contributed by atoms with Crippen LogP contribution in [-0.4, -0.2) is 26.9 Å². The van der Waals surface area contributed by atoms with Crippen LogP contribution in [0.2, 0.25) is 0 Å². The molecule has 0 bridgehead atoms. The fourth-order valence-electron chi connectivity index (χ4n) is 2.91. The molecule has 2 aromatic rings. The highest BCUT2D eigenvalue weighted by Gasteiger charge is 2.33. The molecular weight excluding hydrogens is 324 g/mol. The molecule has 0 aliphatic carbocycles. The van der Waals surface area contributed by atoms with Gasteiger partial charge in [-0.3, -0.25) is 9.10 Å². The zero-order chi connectivity index (χ0) is 17.5. The smallest absolute Gasteiger partial charge is 0.264 e. The topological polar surface area (TPSA) is 66.5 Å². The summed E-state index contributed by atoms with van der Waals surface area (Å²) in [5.74, 6) is -0.253. The van der Waals surface area contributed by atoms with Gasteiger partial charge >= 0.3 is 0 Å². The molecule has 2 aromatic carbocycles. The molecule has 126 valence electrons. The van der Waals surface area contributed by atoms with E-state index in [-0.39, 0.29) is 23.4 Å². The van der Waals surface area contributed by atoms with Gasteiger partial charge in [0.25, 0.3) is 15.9 Å².